The van der Waals surface area contributed by atoms with E-state index in [9.17, 15) is 14.4 Å². The third kappa shape index (κ3) is 5.80. The van der Waals surface area contributed by atoms with Crippen molar-refractivity contribution in [1.82, 2.24) is 16.0 Å². The Balaban J connectivity index is 1.63. The van der Waals surface area contributed by atoms with Gasteiger partial charge >= 0.3 is 0 Å². The van der Waals surface area contributed by atoms with Gasteiger partial charge in [-0.15, -0.1) is 0 Å². The van der Waals surface area contributed by atoms with Gasteiger partial charge in [0.15, 0.2) is 5.76 Å². The van der Waals surface area contributed by atoms with E-state index >= 15 is 0 Å². The van der Waals surface area contributed by atoms with E-state index in [0.717, 1.165) is 5.56 Å². The SMILES string of the molecule is CNC(=O)c1ccc(CNC(=O)CCCNC(=O)c2ccco2)cc1. The predicted molar refractivity (Wildman–Crippen MR) is 92.0 cm³/mol. The Bertz CT molecular complexity index is 708. The number of hydrogen-bond acceptors (Lipinski definition) is 4. The second kappa shape index (κ2) is 9.27. The van der Waals surface area contributed by atoms with Gasteiger partial charge in [-0.25, -0.2) is 0 Å². The lowest BCUT2D eigenvalue weighted by Crippen LogP contribution is -2.27. The number of carbonyl (C=O) groups is 3. The van der Waals surface area contributed by atoms with Gasteiger partial charge in [-0.3, -0.25) is 14.4 Å². The van der Waals surface area contributed by atoms with Crippen LogP contribution in [0.4, 0.5) is 0 Å². The summed E-state index contributed by atoms with van der Waals surface area (Å²) in [7, 11) is 1.58. The van der Waals surface area contributed by atoms with E-state index in [1.807, 2.05) is 0 Å². The van der Waals surface area contributed by atoms with Gasteiger partial charge in [0.05, 0.1) is 6.26 Å². The molecule has 7 nitrogen and oxygen atoms in total. The van der Waals surface area contributed by atoms with Gasteiger partial charge in [-0.1, -0.05) is 12.1 Å². The molecule has 0 saturated carbocycles. The van der Waals surface area contributed by atoms with Gasteiger partial charge in [0.2, 0.25) is 5.91 Å². The summed E-state index contributed by atoms with van der Waals surface area (Å²) in [6.07, 6.45) is 2.28. The Labute approximate surface area is 145 Å². The Morgan fingerprint density at radius 2 is 1.76 bits per heavy atom. The number of amides is 3. The second-order valence-electron chi connectivity index (χ2n) is 5.39. The van der Waals surface area contributed by atoms with Crippen molar-refractivity contribution in [2.24, 2.45) is 0 Å². The van der Waals surface area contributed by atoms with Crippen LogP contribution in [0.15, 0.2) is 47.1 Å². The van der Waals surface area contributed by atoms with Gasteiger partial charge < -0.3 is 20.4 Å². The molecule has 0 unspecified atom stereocenters. The van der Waals surface area contributed by atoms with E-state index in [0.29, 0.717) is 31.5 Å². The van der Waals surface area contributed by atoms with Crippen molar-refractivity contribution in [2.75, 3.05) is 13.6 Å². The van der Waals surface area contributed by atoms with Crippen LogP contribution in [-0.4, -0.2) is 31.3 Å². The predicted octanol–water partition coefficient (Wildman–Crippen LogP) is 1.47. The van der Waals surface area contributed by atoms with Crippen molar-refractivity contribution in [3.8, 4) is 0 Å². The second-order valence-corrected chi connectivity index (χ2v) is 5.39. The maximum absolute atomic E-state index is 11.8. The van der Waals surface area contributed by atoms with Crippen LogP contribution in [0.2, 0.25) is 0 Å². The van der Waals surface area contributed by atoms with Crippen LogP contribution in [-0.2, 0) is 11.3 Å². The highest BCUT2D eigenvalue weighted by Gasteiger charge is 2.08. The number of rotatable bonds is 8. The van der Waals surface area contributed by atoms with E-state index in [-0.39, 0.29) is 23.5 Å². The van der Waals surface area contributed by atoms with Gasteiger partial charge in [0, 0.05) is 32.1 Å². The minimum Gasteiger partial charge on any atom is -0.459 e. The fourth-order valence-corrected chi connectivity index (χ4v) is 2.15. The summed E-state index contributed by atoms with van der Waals surface area (Å²) in [6, 6.07) is 10.2. The molecule has 0 aliphatic heterocycles. The van der Waals surface area contributed by atoms with Gasteiger partial charge in [0.25, 0.3) is 11.8 Å². The molecule has 0 radical (unpaired) electrons. The topological polar surface area (TPSA) is 100 Å². The lowest BCUT2D eigenvalue weighted by Gasteiger charge is -2.07. The smallest absolute Gasteiger partial charge is 0.286 e. The first-order valence-corrected chi connectivity index (χ1v) is 7.99. The van der Waals surface area contributed by atoms with Crippen LogP contribution in [0.3, 0.4) is 0 Å². The fourth-order valence-electron chi connectivity index (χ4n) is 2.15. The van der Waals surface area contributed by atoms with Crippen molar-refractivity contribution >= 4 is 17.7 Å². The summed E-state index contributed by atoms with van der Waals surface area (Å²) >= 11 is 0. The lowest BCUT2D eigenvalue weighted by atomic mass is 10.1. The summed E-state index contributed by atoms with van der Waals surface area (Å²) in [5.41, 5.74) is 1.48. The maximum atomic E-state index is 11.8. The number of carbonyl (C=O) groups excluding carboxylic acids is 3. The molecule has 0 bridgehead atoms. The number of furan rings is 1. The molecule has 0 aliphatic carbocycles. The number of benzene rings is 1. The number of hydrogen-bond donors (Lipinski definition) is 3. The average molecular weight is 343 g/mol. The molecule has 2 aromatic rings. The molecular weight excluding hydrogens is 322 g/mol. The quantitative estimate of drug-likeness (QED) is 0.632. The molecule has 0 aliphatic rings. The molecule has 0 atom stereocenters. The number of nitrogens with one attached hydrogen (secondary N) is 3. The van der Waals surface area contributed by atoms with Crippen molar-refractivity contribution in [3.63, 3.8) is 0 Å². The molecule has 25 heavy (non-hydrogen) atoms. The fraction of sp³-hybridized carbons (Fsp3) is 0.278. The first-order valence-electron chi connectivity index (χ1n) is 7.99. The Morgan fingerprint density at radius 3 is 2.40 bits per heavy atom. The van der Waals surface area contributed by atoms with E-state index < -0.39 is 0 Å². The third-order valence-corrected chi connectivity index (χ3v) is 3.54. The minimum atomic E-state index is -0.290. The molecular formula is C18H21N3O4. The normalized spacial score (nSPS) is 10.1. The highest BCUT2D eigenvalue weighted by atomic mass is 16.3. The van der Waals surface area contributed by atoms with Crippen LogP contribution < -0.4 is 16.0 Å². The zero-order valence-electron chi connectivity index (χ0n) is 14.0. The summed E-state index contributed by atoms with van der Waals surface area (Å²) in [5.74, 6) is -0.277. The molecule has 7 heteroatoms. The lowest BCUT2D eigenvalue weighted by molar-refractivity contribution is -0.121. The molecule has 0 fully saturated rings. The monoisotopic (exact) mass is 343 g/mol. The van der Waals surface area contributed by atoms with Crippen molar-refractivity contribution in [1.29, 1.82) is 0 Å². The Kier molecular flexibility index (Phi) is 6.76. The zero-order chi connectivity index (χ0) is 18.1. The molecule has 1 aromatic carbocycles. The van der Waals surface area contributed by atoms with E-state index in [1.165, 1.54) is 6.26 Å². The van der Waals surface area contributed by atoms with Gasteiger partial charge in [-0.05, 0) is 36.2 Å². The summed E-state index contributed by atoms with van der Waals surface area (Å²) in [5, 5.41) is 8.04. The maximum Gasteiger partial charge on any atom is 0.286 e. The molecule has 1 heterocycles. The average Bonchev–Trinajstić information content (AvgIpc) is 3.18. The van der Waals surface area contributed by atoms with Crippen LogP contribution in [0.5, 0.6) is 0 Å². The van der Waals surface area contributed by atoms with Crippen molar-refractivity contribution in [2.45, 2.75) is 19.4 Å². The Morgan fingerprint density at radius 1 is 1.00 bits per heavy atom. The highest BCUT2D eigenvalue weighted by Crippen LogP contribution is 2.04. The molecule has 0 saturated heterocycles. The first kappa shape index (κ1) is 18.3. The van der Waals surface area contributed by atoms with Gasteiger partial charge in [-0.2, -0.15) is 0 Å². The van der Waals surface area contributed by atoms with Gasteiger partial charge in [0.1, 0.15) is 0 Å². The van der Waals surface area contributed by atoms with Crippen molar-refractivity contribution in [3.05, 3.63) is 59.5 Å². The molecule has 3 N–H and O–H groups in total. The molecule has 132 valence electrons. The zero-order valence-corrected chi connectivity index (χ0v) is 14.0. The highest BCUT2D eigenvalue weighted by molar-refractivity contribution is 5.94. The molecule has 2 rings (SSSR count). The van der Waals surface area contributed by atoms with Crippen LogP contribution in [0.25, 0.3) is 0 Å². The first-order chi connectivity index (χ1) is 12.1. The molecule has 3 amide bonds. The third-order valence-electron chi connectivity index (χ3n) is 3.54. The van der Waals surface area contributed by atoms with E-state index in [2.05, 4.69) is 16.0 Å². The van der Waals surface area contributed by atoms with Crippen LogP contribution in [0, 0.1) is 0 Å². The summed E-state index contributed by atoms with van der Waals surface area (Å²) in [6.45, 7) is 0.791. The largest absolute Gasteiger partial charge is 0.459 e. The van der Waals surface area contributed by atoms with E-state index in [1.54, 1.807) is 43.4 Å². The van der Waals surface area contributed by atoms with Crippen molar-refractivity contribution < 1.29 is 18.8 Å². The molecule has 0 spiro atoms. The Hall–Kier alpha value is -3.09. The van der Waals surface area contributed by atoms with Crippen LogP contribution in [0.1, 0.15) is 39.3 Å². The van der Waals surface area contributed by atoms with E-state index in [4.69, 9.17) is 4.42 Å². The minimum absolute atomic E-state index is 0.0948. The summed E-state index contributed by atoms with van der Waals surface area (Å²) in [4.78, 5) is 34.9. The standard InChI is InChI=1S/C18H21N3O4/c1-19-17(23)14-8-6-13(7-9-14)12-21-16(22)5-2-10-20-18(24)15-4-3-11-25-15/h3-4,6-9,11H,2,5,10,12H2,1H3,(H,19,23)(H,20,24)(H,21,22). The van der Waals surface area contributed by atoms with Crippen LogP contribution >= 0.6 is 0 Å². The summed E-state index contributed by atoms with van der Waals surface area (Å²) < 4.78 is 4.97. The molecule has 1 aromatic heterocycles.